The van der Waals surface area contributed by atoms with Gasteiger partial charge in [0.25, 0.3) is 0 Å². The van der Waals surface area contributed by atoms with E-state index >= 15 is 0 Å². The van der Waals surface area contributed by atoms with Crippen LogP contribution in [0.25, 0.3) is 0 Å². The van der Waals surface area contributed by atoms with Crippen LogP contribution in [-0.4, -0.2) is 25.3 Å². The van der Waals surface area contributed by atoms with E-state index in [0.717, 1.165) is 30.9 Å². The first kappa shape index (κ1) is 13.2. The van der Waals surface area contributed by atoms with Crippen LogP contribution < -0.4 is 14.8 Å². The highest BCUT2D eigenvalue weighted by molar-refractivity contribution is 5.43. The molecule has 1 aliphatic rings. The van der Waals surface area contributed by atoms with Crippen LogP contribution in [0.5, 0.6) is 11.5 Å². The van der Waals surface area contributed by atoms with Gasteiger partial charge in [0, 0.05) is 5.54 Å². The molecule has 0 bridgehead atoms. The fraction of sp³-hybridized carbons (Fsp3) is 0.600. The summed E-state index contributed by atoms with van der Waals surface area (Å²) in [6.07, 6.45) is 2.20. The van der Waals surface area contributed by atoms with Crippen LogP contribution in [0.2, 0.25) is 0 Å². The largest absolute Gasteiger partial charge is 0.486 e. The molecule has 1 aliphatic heterocycles. The molecule has 2 rings (SSSR count). The number of aryl methyl sites for hydroxylation is 1. The maximum absolute atomic E-state index is 5.58. The van der Waals surface area contributed by atoms with Gasteiger partial charge in [0.15, 0.2) is 11.5 Å². The lowest BCUT2D eigenvalue weighted by Crippen LogP contribution is -2.36. The topological polar surface area (TPSA) is 30.5 Å². The number of hydrogen-bond donors (Lipinski definition) is 1. The van der Waals surface area contributed by atoms with Crippen molar-refractivity contribution in [2.75, 3.05) is 19.8 Å². The van der Waals surface area contributed by atoms with E-state index in [2.05, 4.69) is 38.2 Å². The lowest BCUT2D eigenvalue weighted by molar-refractivity contribution is 0.171. The Kier molecular flexibility index (Phi) is 4.12. The zero-order valence-electron chi connectivity index (χ0n) is 11.6. The Bertz CT molecular complexity index is 396. The van der Waals surface area contributed by atoms with Crippen molar-refractivity contribution in [2.24, 2.45) is 0 Å². The van der Waals surface area contributed by atoms with Crippen LogP contribution in [0.3, 0.4) is 0 Å². The van der Waals surface area contributed by atoms with Gasteiger partial charge in [-0.2, -0.15) is 0 Å². The zero-order chi connectivity index (χ0) is 13.0. The smallest absolute Gasteiger partial charge is 0.161 e. The van der Waals surface area contributed by atoms with Gasteiger partial charge < -0.3 is 14.8 Å². The van der Waals surface area contributed by atoms with Gasteiger partial charge in [-0.05, 0) is 57.9 Å². The van der Waals surface area contributed by atoms with Crippen molar-refractivity contribution < 1.29 is 9.47 Å². The Morgan fingerprint density at radius 2 is 1.83 bits per heavy atom. The van der Waals surface area contributed by atoms with Gasteiger partial charge in [0.1, 0.15) is 13.2 Å². The summed E-state index contributed by atoms with van der Waals surface area (Å²) in [7, 11) is 0. The van der Waals surface area contributed by atoms with E-state index in [-0.39, 0.29) is 5.54 Å². The molecule has 0 saturated carbocycles. The highest BCUT2D eigenvalue weighted by atomic mass is 16.6. The Morgan fingerprint density at radius 3 is 2.56 bits per heavy atom. The maximum Gasteiger partial charge on any atom is 0.161 e. The zero-order valence-corrected chi connectivity index (χ0v) is 11.6. The first-order valence-electron chi connectivity index (χ1n) is 6.68. The molecule has 0 aromatic heterocycles. The number of benzene rings is 1. The third-order valence-corrected chi connectivity index (χ3v) is 2.90. The summed E-state index contributed by atoms with van der Waals surface area (Å²) in [5.41, 5.74) is 1.52. The molecule has 0 unspecified atom stereocenters. The molecule has 1 aromatic carbocycles. The van der Waals surface area contributed by atoms with Crippen molar-refractivity contribution in [1.29, 1.82) is 0 Å². The molecule has 3 nitrogen and oxygen atoms in total. The summed E-state index contributed by atoms with van der Waals surface area (Å²) < 4.78 is 11.1. The first-order chi connectivity index (χ1) is 8.54. The monoisotopic (exact) mass is 249 g/mol. The van der Waals surface area contributed by atoms with Gasteiger partial charge in [0.2, 0.25) is 0 Å². The second-order valence-electron chi connectivity index (χ2n) is 5.76. The third kappa shape index (κ3) is 3.91. The third-order valence-electron chi connectivity index (χ3n) is 2.90. The summed E-state index contributed by atoms with van der Waals surface area (Å²) in [6, 6.07) is 6.25. The predicted octanol–water partition coefficient (Wildman–Crippen LogP) is 2.78. The number of hydrogen-bond acceptors (Lipinski definition) is 3. The molecule has 0 amide bonds. The van der Waals surface area contributed by atoms with Gasteiger partial charge >= 0.3 is 0 Å². The van der Waals surface area contributed by atoms with E-state index < -0.39 is 0 Å². The van der Waals surface area contributed by atoms with Crippen LogP contribution in [0, 0.1) is 0 Å². The fourth-order valence-electron chi connectivity index (χ4n) is 2.00. The molecule has 1 aromatic rings. The van der Waals surface area contributed by atoms with Crippen LogP contribution in [0.4, 0.5) is 0 Å². The summed E-state index contributed by atoms with van der Waals surface area (Å²) in [5.74, 6) is 1.76. The second-order valence-corrected chi connectivity index (χ2v) is 5.76. The molecular weight excluding hydrogens is 226 g/mol. The van der Waals surface area contributed by atoms with Crippen molar-refractivity contribution in [3.8, 4) is 11.5 Å². The molecule has 100 valence electrons. The van der Waals surface area contributed by atoms with E-state index in [1.807, 2.05) is 6.07 Å². The molecule has 3 heteroatoms. The van der Waals surface area contributed by atoms with Gasteiger partial charge in [-0.1, -0.05) is 6.07 Å². The summed E-state index contributed by atoms with van der Waals surface area (Å²) in [5, 5.41) is 3.50. The molecule has 0 spiro atoms. The quantitative estimate of drug-likeness (QED) is 0.832. The molecule has 0 atom stereocenters. The molecule has 0 saturated heterocycles. The van der Waals surface area contributed by atoms with Crippen molar-refractivity contribution >= 4 is 0 Å². The van der Waals surface area contributed by atoms with E-state index in [9.17, 15) is 0 Å². The van der Waals surface area contributed by atoms with E-state index in [0.29, 0.717) is 13.2 Å². The van der Waals surface area contributed by atoms with Crippen molar-refractivity contribution in [3.63, 3.8) is 0 Å². The summed E-state index contributed by atoms with van der Waals surface area (Å²) >= 11 is 0. The molecule has 0 aliphatic carbocycles. The minimum absolute atomic E-state index is 0.201. The highest BCUT2D eigenvalue weighted by Crippen LogP contribution is 2.30. The van der Waals surface area contributed by atoms with Crippen molar-refractivity contribution in [2.45, 2.75) is 39.2 Å². The number of nitrogens with one attached hydrogen (secondary N) is 1. The van der Waals surface area contributed by atoms with Crippen LogP contribution in [0.15, 0.2) is 18.2 Å². The van der Waals surface area contributed by atoms with Crippen LogP contribution in [0.1, 0.15) is 32.8 Å². The number of ether oxygens (including phenoxy) is 2. The second kappa shape index (κ2) is 5.61. The molecule has 1 heterocycles. The molecule has 0 fully saturated rings. The highest BCUT2D eigenvalue weighted by Gasteiger charge is 2.12. The normalized spacial score (nSPS) is 14.6. The Labute approximate surface area is 109 Å². The van der Waals surface area contributed by atoms with Gasteiger partial charge in [-0.3, -0.25) is 0 Å². The summed E-state index contributed by atoms with van der Waals surface area (Å²) in [6.45, 7) is 8.92. The molecular formula is C15H23NO2. The van der Waals surface area contributed by atoms with E-state index in [1.165, 1.54) is 5.56 Å². The first-order valence-corrected chi connectivity index (χ1v) is 6.68. The van der Waals surface area contributed by atoms with Crippen LogP contribution in [-0.2, 0) is 6.42 Å². The lowest BCUT2D eigenvalue weighted by atomic mass is 10.1. The van der Waals surface area contributed by atoms with Crippen molar-refractivity contribution in [1.82, 2.24) is 5.32 Å². The van der Waals surface area contributed by atoms with E-state index in [1.54, 1.807) is 0 Å². The SMILES string of the molecule is CC(C)(C)NCCCc1ccc2c(c1)OCCO2. The minimum Gasteiger partial charge on any atom is -0.486 e. The number of fused-ring (bicyclic) bond motifs is 1. The predicted molar refractivity (Wildman–Crippen MR) is 73.5 cm³/mol. The summed E-state index contributed by atoms with van der Waals surface area (Å²) in [4.78, 5) is 0. The fourth-order valence-corrected chi connectivity index (χ4v) is 2.00. The minimum atomic E-state index is 0.201. The van der Waals surface area contributed by atoms with Gasteiger partial charge in [-0.25, -0.2) is 0 Å². The molecule has 0 radical (unpaired) electrons. The van der Waals surface area contributed by atoms with Crippen LogP contribution >= 0.6 is 0 Å². The van der Waals surface area contributed by atoms with Gasteiger partial charge in [-0.15, -0.1) is 0 Å². The van der Waals surface area contributed by atoms with E-state index in [4.69, 9.17) is 9.47 Å². The standard InChI is InChI=1S/C15H23NO2/c1-15(2,3)16-8-4-5-12-6-7-13-14(11-12)18-10-9-17-13/h6-7,11,16H,4-5,8-10H2,1-3H3. The average Bonchev–Trinajstić information content (AvgIpc) is 2.33. The Morgan fingerprint density at radius 1 is 1.11 bits per heavy atom. The Hall–Kier alpha value is -1.22. The molecule has 1 N–H and O–H groups in total. The maximum atomic E-state index is 5.58. The lowest BCUT2D eigenvalue weighted by Gasteiger charge is -2.21. The molecule has 18 heavy (non-hydrogen) atoms. The Balaban J connectivity index is 1.83. The van der Waals surface area contributed by atoms with Gasteiger partial charge in [0.05, 0.1) is 0 Å². The van der Waals surface area contributed by atoms with Crippen molar-refractivity contribution in [3.05, 3.63) is 23.8 Å². The number of rotatable bonds is 4. The average molecular weight is 249 g/mol.